The summed E-state index contributed by atoms with van der Waals surface area (Å²) in [6.07, 6.45) is 0.715. The van der Waals surface area contributed by atoms with Gasteiger partial charge in [-0.2, -0.15) is 8.42 Å². The van der Waals surface area contributed by atoms with Crippen molar-refractivity contribution in [2.45, 2.75) is 0 Å². The Morgan fingerprint density at radius 3 is 1.50 bits per heavy atom. The second kappa shape index (κ2) is 2.98. The molecule has 0 aromatic carbocycles. The molecule has 0 aliphatic rings. The van der Waals surface area contributed by atoms with Crippen LogP contribution < -0.4 is 29.6 Å². The number of hydrogen-bond acceptors (Lipinski definition) is 2. The van der Waals surface area contributed by atoms with Crippen LogP contribution in [0.25, 0.3) is 0 Å². The monoisotopic (exact) mass is 119 g/mol. The molecule has 0 bridgehead atoms. The molecule has 3 nitrogen and oxygen atoms in total. The molecular weight excluding hydrogens is 115 g/mol. The molecule has 0 amide bonds. The first-order valence-corrected chi connectivity index (χ1v) is 2.77. The predicted molar refractivity (Wildman–Crippen MR) is 17.5 cm³/mol. The minimum absolute atomic E-state index is 0. The van der Waals surface area contributed by atoms with Gasteiger partial charge in [-0.15, -0.1) is 0 Å². The van der Waals surface area contributed by atoms with Crippen molar-refractivity contribution in [1.29, 1.82) is 0 Å². The maximum Gasteiger partial charge on any atom is 1.00 e. The maximum absolute atomic E-state index is 9.19. The Morgan fingerprint density at radius 2 is 1.50 bits per heavy atom. The molecule has 1 N–H and O–H groups in total. The van der Waals surface area contributed by atoms with E-state index in [9.17, 15) is 8.42 Å². The first kappa shape index (κ1) is 10.0. The van der Waals surface area contributed by atoms with Crippen molar-refractivity contribution in [3.8, 4) is 0 Å². The topological polar surface area (TPSA) is 54.4 Å². The summed E-state index contributed by atoms with van der Waals surface area (Å²) >= 11 is 0. The fourth-order valence-electron chi connectivity index (χ4n) is 0. The first-order chi connectivity index (χ1) is 2.00. The third-order valence-electron chi connectivity index (χ3n) is 0. The van der Waals surface area contributed by atoms with Crippen LogP contribution in [-0.4, -0.2) is 19.2 Å². The first-order valence-electron chi connectivity index (χ1n) is 0.924. The Morgan fingerprint density at radius 1 is 1.50 bits per heavy atom. The second-order valence-corrected chi connectivity index (χ2v) is 2.20. The van der Waals surface area contributed by atoms with Crippen molar-refractivity contribution >= 4 is 10.1 Å². The third-order valence-corrected chi connectivity index (χ3v) is 0. The van der Waals surface area contributed by atoms with Crippen LogP contribution >= 0.6 is 0 Å². The second-order valence-electron chi connectivity index (χ2n) is 0.733. The van der Waals surface area contributed by atoms with Crippen molar-refractivity contribution in [3.05, 3.63) is 0 Å². The van der Waals surface area contributed by atoms with Crippen LogP contribution in [-0.2, 0) is 10.1 Å². The fourth-order valence-corrected chi connectivity index (χ4v) is 0. The van der Waals surface area contributed by atoms with E-state index in [1.165, 1.54) is 0 Å². The summed E-state index contributed by atoms with van der Waals surface area (Å²) in [5, 5.41) is 0. The van der Waals surface area contributed by atoms with Gasteiger partial charge in [-0.25, -0.2) is 0 Å². The fraction of sp³-hybridized carbons (Fsp3) is 1.00. The molecular formula is CH4NaO3S+. The van der Waals surface area contributed by atoms with E-state index < -0.39 is 10.1 Å². The number of rotatable bonds is 0. The van der Waals surface area contributed by atoms with Crippen molar-refractivity contribution in [1.82, 2.24) is 0 Å². The SMILES string of the molecule is CS(=O)(=O)O.[Na+]. The van der Waals surface area contributed by atoms with E-state index in [1.807, 2.05) is 0 Å². The molecule has 0 aromatic heterocycles. The van der Waals surface area contributed by atoms with Crippen LogP contribution in [0.5, 0.6) is 0 Å². The summed E-state index contributed by atoms with van der Waals surface area (Å²) in [6.45, 7) is 0. The van der Waals surface area contributed by atoms with Crippen molar-refractivity contribution in [2.75, 3.05) is 6.26 Å². The molecule has 32 valence electrons. The van der Waals surface area contributed by atoms with Crippen molar-refractivity contribution in [2.24, 2.45) is 0 Å². The maximum atomic E-state index is 9.19. The zero-order valence-electron chi connectivity index (χ0n) is 3.67. The molecule has 0 spiro atoms. The minimum atomic E-state index is -3.67. The zero-order chi connectivity index (χ0) is 4.50. The summed E-state index contributed by atoms with van der Waals surface area (Å²) in [4.78, 5) is 0. The van der Waals surface area contributed by atoms with Crippen LogP contribution in [0, 0.1) is 0 Å². The molecule has 5 heteroatoms. The van der Waals surface area contributed by atoms with Crippen LogP contribution in [0.1, 0.15) is 0 Å². The predicted octanol–water partition coefficient (Wildman–Crippen LogP) is -3.49. The molecule has 0 rings (SSSR count). The van der Waals surface area contributed by atoms with E-state index >= 15 is 0 Å². The molecule has 0 heterocycles. The Bertz CT molecular complexity index is 94.0. The number of hydrogen-bond donors (Lipinski definition) is 1. The van der Waals surface area contributed by atoms with Crippen LogP contribution in [0.4, 0.5) is 0 Å². The van der Waals surface area contributed by atoms with Gasteiger partial charge in [-0.1, -0.05) is 0 Å². The van der Waals surface area contributed by atoms with Crippen molar-refractivity contribution < 1.29 is 42.5 Å². The molecule has 0 fully saturated rings. The van der Waals surface area contributed by atoms with Crippen LogP contribution in [0.15, 0.2) is 0 Å². The largest absolute Gasteiger partial charge is 1.00 e. The average molecular weight is 119 g/mol. The van der Waals surface area contributed by atoms with E-state index in [4.69, 9.17) is 4.55 Å². The van der Waals surface area contributed by atoms with Gasteiger partial charge in [0.1, 0.15) is 0 Å². The smallest absolute Gasteiger partial charge is 0.286 e. The van der Waals surface area contributed by atoms with Crippen LogP contribution in [0.2, 0.25) is 0 Å². The van der Waals surface area contributed by atoms with E-state index in [-0.39, 0.29) is 29.6 Å². The Labute approximate surface area is 58.8 Å². The summed E-state index contributed by atoms with van der Waals surface area (Å²) in [5.74, 6) is 0. The average Bonchev–Trinajstić information content (AvgIpc) is 0.722. The van der Waals surface area contributed by atoms with E-state index in [0.717, 1.165) is 0 Å². The molecule has 0 aromatic rings. The van der Waals surface area contributed by atoms with Crippen molar-refractivity contribution in [3.63, 3.8) is 0 Å². The molecule has 0 saturated carbocycles. The third kappa shape index (κ3) is 90.6. The Hall–Kier alpha value is 0.910. The molecule has 0 saturated heterocycles. The van der Waals surface area contributed by atoms with E-state index in [1.54, 1.807) is 0 Å². The van der Waals surface area contributed by atoms with Gasteiger partial charge >= 0.3 is 29.6 Å². The molecule has 6 heavy (non-hydrogen) atoms. The summed E-state index contributed by atoms with van der Waals surface area (Å²) in [7, 11) is -3.67. The van der Waals surface area contributed by atoms with Crippen LogP contribution in [0.3, 0.4) is 0 Å². The van der Waals surface area contributed by atoms with E-state index in [0.29, 0.717) is 6.26 Å². The summed E-state index contributed by atoms with van der Waals surface area (Å²) < 4.78 is 25.9. The normalized spacial score (nSPS) is 9.67. The van der Waals surface area contributed by atoms with Gasteiger partial charge in [0, 0.05) is 0 Å². The molecule has 0 aliphatic carbocycles. The Balaban J connectivity index is 0. The molecule has 0 radical (unpaired) electrons. The molecule has 0 atom stereocenters. The van der Waals surface area contributed by atoms with Gasteiger partial charge in [-0.3, -0.25) is 4.55 Å². The van der Waals surface area contributed by atoms with E-state index in [2.05, 4.69) is 0 Å². The van der Waals surface area contributed by atoms with Gasteiger partial charge in [0.15, 0.2) is 0 Å². The Kier molecular flexibility index (Phi) is 4.98. The standard InChI is InChI=1S/CH4O3S.Na/c1-5(2,3)4;/h1H3,(H,2,3,4);/q;+1. The van der Waals surface area contributed by atoms with Gasteiger partial charge in [-0.05, 0) is 0 Å². The molecule has 0 aliphatic heterocycles. The van der Waals surface area contributed by atoms with Gasteiger partial charge in [0.2, 0.25) is 0 Å². The zero-order valence-corrected chi connectivity index (χ0v) is 6.49. The van der Waals surface area contributed by atoms with Gasteiger partial charge in [0.25, 0.3) is 10.1 Å². The minimum Gasteiger partial charge on any atom is -0.286 e. The quantitative estimate of drug-likeness (QED) is 0.266. The summed E-state index contributed by atoms with van der Waals surface area (Å²) in [6, 6.07) is 0. The molecule has 0 unspecified atom stereocenters. The van der Waals surface area contributed by atoms with Gasteiger partial charge < -0.3 is 0 Å². The summed E-state index contributed by atoms with van der Waals surface area (Å²) in [5.41, 5.74) is 0. The van der Waals surface area contributed by atoms with Gasteiger partial charge in [0.05, 0.1) is 6.26 Å².